The summed E-state index contributed by atoms with van der Waals surface area (Å²) < 4.78 is 5.59. The molecule has 0 saturated carbocycles. The first kappa shape index (κ1) is 21.8. The number of para-hydroxylation sites is 1. The van der Waals surface area contributed by atoms with E-state index in [9.17, 15) is 9.59 Å². The number of unbranched alkanes of at least 4 members (excludes halogenated alkanes) is 1. The molecule has 150 valence electrons. The van der Waals surface area contributed by atoms with Crippen LogP contribution in [0.3, 0.4) is 0 Å². The van der Waals surface area contributed by atoms with Gasteiger partial charge in [-0.3, -0.25) is 9.59 Å². The molecule has 1 N–H and O–H groups in total. The number of hydrogen-bond acceptors (Lipinski definition) is 3. The van der Waals surface area contributed by atoms with Gasteiger partial charge in [-0.05, 0) is 43.2 Å². The van der Waals surface area contributed by atoms with Crippen LogP contribution in [-0.4, -0.2) is 35.9 Å². The van der Waals surface area contributed by atoms with Crippen molar-refractivity contribution in [3.05, 3.63) is 65.2 Å². The third-order valence-electron chi connectivity index (χ3n) is 4.37. The summed E-state index contributed by atoms with van der Waals surface area (Å²) in [5.74, 6) is 0.190. The fourth-order valence-electron chi connectivity index (χ4n) is 2.65. The first-order valence-corrected chi connectivity index (χ1v) is 9.88. The van der Waals surface area contributed by atoms with Crippen molar-refractivity contribution in [2.24, 2.45) is 0 Å². The van der Waals surface area contributed by atoms with E-state index in [1.54, 1.807) is 31.2 Å². The third kappa shape index (κ3) is 6.89. The van der Waals surface area contributed by atoms with Gasteiger partial charge in [-0.25, -0.2) is 0 Å². The molecule has 6 heteroatoms. The smallest absolute Gasteiger partial charge is 0.261 e. The summed E-state index contributed by atoms with van der Waals surface area (Å²) in [6, 6.07) is 15.8. The molecule has 1 atom stereocenters. The molecule has 0 saturated heterocycles. The predicted molar refractivity (Wildman–Crippen MR) is 111 cm³/mol. The lowest BCUT2D eigenvalue weighted by Gasteiger charge is -2.28. The molecule has 0 aliphatic carbocycles. The topological polar surface area (TPSA) is 58.6 Å². The van der Waals surface area contributed by atoms with E-state index in [4.69, 9.17) is 16.3 Å². The van der Waals surface area contributed by atoms with E-state index in [-0.39, 0.29) is 18.4 Å². The van der Waals surface area contributed by atoms with Crippen molar-refractivity contribution in [3.63, 3.8) is 0 Å². The highest BCUT2D eigenvalue weighted by molar-refractivity contribution is 6.30. The standard InChI is InChI=1S/C22H27ClN2O3/c1-3-4-14-24-22(27)17(2)25(15-18-10-12-19(23)13-11-18)21(26)16-28-20-8-6-5-7-9-20/h5-13,17H,3-4,14-16H2,1-2H3,(H,24,27). The van der Waals surface area contributed by atoms with Crippen LogP contribution in [0.5, 0.6) is 5.75 Å². The van der Waals surface area contributed by atoms with Gasteiger partial charge in [0, 0.05) is 18.1 Å². The Morgan fingerprint density at radius 3 is 2.43 bits per heavy atom. The van der Waals surface area contributed by atoms with Crippen molar-refractivity contribution in [3.8, 4) is 5.75 Å². The number of rotatable bonds is 10. The molecule has 0 aliphatic heterocycles. The molecule has 28 heavy (non-hydrogen) atoms. The van der Waals surface area contributed by atoms with Crippen LogP contribution in [0.4, 0.5) is 0 Å². The maximum absolute atomic E-state index is 12.9. The predicted octanol–water partition coefficient (Wildman–Crippen LogP) is 4.05. The molecule has 1 unspecified atom stereocenters. The van der Waals surface area contributed by atoms with Crippen molar-refractivity contribution in [1.29, 1.82) is 0 Å². The van der Waals surface area contributed by atoms with Gasteiger partial charge in [0.25, 0.3) is 5.91 Å². The highest BCUT2D eigenvalue weighted by Crippen LogP contribution is 2.15. The van der Waals surface area contributed by atoms with Crippen LogP contribution in [0.25, 0.3) is 0 Å². The Morgan fingerprint density at radius 1 is 1.11 bits per heavy atom. The summed E-state index contributed by atoms with van der Waals surface area (Å²) in [6.07, 6.45) is 1.90. The van der Waals surface area contributed by atoms with Crippen molar-refractivity contribution < 1.29 is 14.3 Å². The van der Waals surface area contributed by atoms with Gasteiger partial charge < -0.3 is 15.0 Å². The summed E-state index contributed by atoms with van der Waals surface area (Å²) in [5, 5.41) is 3.52. The lowest BCUT2D eigenvalue weighted by atomic mass is 10.1. The quantitative estimate of drug-likeness (QED) is 0.610. The summed E-state index contributed by atoms with van der Waals surface area (Å²) in [6.45, 7) is 4.56. The molecular formula is C22H27ClN2O3. The van der Waals surface area contributed by atoms with E-state index < -0.39 is 6.04 Å². The number of benzene rings is 2. The zero-order valence-electron chi connectivity index (χ0n) is 16.4. The number of hydrogen-bond donors (Lipinski definition) is 1. The molecular weight excluding hydrogens is 376 g/mol. The van der Waals surface area contributed by atoms with Crippen LogP contribution >= 0.6 is 11.6 Å². The average Bonchev–Trinajstić information content (AvgIpc) is 2.72. The Bertz CT molecular complexity index is 750. The fraction of sp³-hybridized carbons (Fsp3) is 0.364. The Labute approximate surface area is 171 Å². The first-order valence-electron chi connectivity index (χ1n) is 9.50. The first-order chi connectivity index (χ1) is 13.5. The van der Waals surface area contributed by atoms with E-state index in [0.29, 0.717) is 23.9 Å². The second-order valence-corrected chi connectivity index (χ2v) is 7.01. The van der Waals surface area contributed by atoms with Crippen LogP contribution in [0.1, 0.15) is 32.3 Å². The van der Waals surface area contributed by atoms with Gasteiger partial charge in [0.2, 0.25) is 5.91 Å². The van der Waals surface area contributed by atoms with Gasteiger partial charge in [-0.1, -0.05) is 55.3 Å². The normalized spacial score (nSPS) is 11.5. The van der Waals surface area contributed by atoms with Gasteiger partial charge in [-0.15, -0.1) is 0 Å². The highest BCUT2D eigenvalue weighted by atomic mass is 35.5. The average molecular weight is 403 g/mol. The van der Waals surface area contributed by atoms with E-state index in [2.05, 4.69) is 12.2 Å². The lowest BCUT2D eigenvalue weighted by molar-refractivity contribution is -0.142. The minimum absolute atomic E-state index is 0.135. The van der Waals surface area contributed by atoms with Crippen LogP contribution in [0.15, 0.2) is 54.6 Å². The van der Waals surface area contributed by atoms with E-state index >= 15 is 0 Å². The van der Waals surface area contributed by atoms with Gasteiger partial charge >= 0.3 is 0 Å². The van der Waals surface area contributed by atoms with Crippen molar-refractivity contribution in [2.75, 3.05) is 13.2 Å². The third-order valence-corrected chi connectivity index (χ3v) is 4.62. The van der Waals surface area contributed by atoms with E-state index in [0.717, 1.165) is 18.4 Å². The van der Waals surface area contributed by atoms with Crippen molar-refractivity contribution in [2.45, 2.75) is 39.3 Å². The number of nitrogens with zero attached hydrogens (tertiary/aromatic N) is 1. The number of carbonyl (C=O) groups is 2. The monoisotopic (exact) mass is 402 g/mol. The summed E-state index contributed by atoms with van der Waals surface area (Å²) in [5.41, 5.74) is 0.894. The molecule has 0 heterocycles. The maximum Gasteiger partial charge on any atom is 0.261 e. The van der Waals surface area contributed by atoms with Crippen LogP contribution < -0.4 is 10.1 Å². The van der Waals surface area contributed by atoms with Crippen molar-refractivity contribution >= 4 is 23.4 Å². The highest BCUT2D eigenvalue weighted by Gasteiger charge is 2.26. The minimum Gasteiger partial charge on any atom is -0.484 e. The van der Waals surface area contributed by atoms with Crippen LogP contribution in [-0.2, 0) is 16.1 Å². The zero-order valence-corrected chi connectivity index (χ0v) is 17.1. The molecule has 0 aliphatic rings. The summed E-state index contributed by atoms with van der Waals surface area (Å²) in [7, 11) is 0. The number of halogens is 1. The van der Waals surface area contributed by atoms with Crippen LogP contribution in [0, 0.1) is 0 Å². The van der Waals surface area contributed by atoms with E-state index in [1.807, 2.05) is 30.3 Å². The number of ether oxygens (including phenoxy) is 1. The second kappa shape index (κ2) is 11.3. The minimum atomic E-state index is -0.612. The zero-order chi connectivity index (χ0) is 20.4. The van der Waals surface area contributed by atoms with Gasteiger partial charge in [0.15, 0.2) is 6.61 Å². The van der Waals surface area contributed by atoms with Gasteiger partial charge in [0.1, 0.15) is 11.8 Å². The number of amides is 2. The molecule has 2 amide bonds. The molecule has 2 aromatic carbocycles. The van der Waals surface area contributed by atoms with Gasteiger partial charge in [-0.2, -0.15) is 0 Å². The van der Waals surface area contributed by atoms with E-state index in [1.165, 1.54) is 4.90 Å². The second-order valence-electron chi connectivity index (χ2n) is 6.57. The molecule has 0 spiro atoms. The van der Waals surface area contributed by atoms with Crippen molar-refractivity contribution in [1.82, 2.24) is 10.2 Å². The molecule has 0 bridgehead atoms. The molecule has 5 nitrogen and oxygen atoms in total. The number of nitrogens with one attached hydrogen (secondary N) is 1. The fourth-order valence-corrected chi connectivity index (χ4v) is 2.78. The SMILES string of the molecule is CCCCNC(=O)C(C)N(Cc1ccc(Cl)cc1)C(=O)COc1ccccc1. The molecule has 0 aromatic heterocycles. The Balaban J connectivity index is 2.08. The largest absolute Gasteiger partial charge is 0.484 e. The molecule has 2 rings (SSSR count). The van der Waals surface area contributed by atoms with Crippen LogP contribution in [0.2, 0.25) is 5.02 Å². The van der Waals surface area contributed by atoms with Gasteiger partial charge in [0.05, 0.1) is 0 Å². The Kier molecular flexibility index (Phi) is 8.82. The molecule has 0 fully saturated rings. The molecule has 0 radical (unpaired) electrons. The summed E-state index contributed by atoms with van der Waals surface area (Å²) in [4.78, 5) is 26.9. The molecule has 2 aromatic rings. The number of carbonyl (C=O) groups excluding carboxylic acids is 2. The Hall–Kier alpha value is -2.53. The Morgan fingerprint density at radius 2 is 1.79 bits per heavy atom. The lowest BCUT2D eigenvalue weighted by Crippen LogP contribution is -2.49. The maximum atomic E-state index is 12.9. The summed E-state index contributed by atoms with van der Waals surface area (Å²) >= 11 is 5.95.